The van der Waals surface area contributed by atoms with E-state index in [2.05, 4.69) is 53.7 Å². The second-order valence-corrected chi connectivity index (χ2v) is 8.38. The lowest BCUT2D eigenvalue weighted by atomic mass is 9.77. The van der Waals surface area contributed by atoms with Crippen LogP contribution in [0.2, 0.25) is 0 Å². The summed E-state index contributed by atoms with van der Waals surface area (Å²) in [5.74, 6) is 1.79. The molecule has 0 N–H and O–H groups in total. The van der Waals surface area contributed by atoms with Gasteiger partial charge in [-0.3, -0.25) is 4.79 Å². The first-order chi connectivity index (χ1) is 9.91. The Kier molecular flexibility index (Phi) is 4.01. The average molecular weight is 300 g/mol. The first-order valence-corrected chi connectivity index (χ1v) is 7.97. The molecule has 0 fully saturated rings. The quantitative estimate of drug-likeness (QED) is 0.723. The number of fused-ring (bicyclic) bond motifs is 1. The number of ether oxygens (including phenoxy) is 1. The van der Waals surface area contributed by atoms with Gasteiger partial charge in [0, 0.05) is 17.6 Å². The molecule has 2 heteroatoms. The lowest BCUT2D eigenvalue weighted by molar-refractivity contribution is -0.113. The van der Waals surface area contributed by atoms with Crippen molar-refractivity contribution >= 4 is 5.78 Å². The van der Waals surface area contributed by atoms with Gasteiger partial charge < -0.3 is 4.74 Å². The topological polar surface area (TPSA) is 26.3 Å². The summed E-state index contributed by atoms with van der Waals surface area (Å²) in [6.45, 7) is 16.8. The van der Waals surface area contributed by atoms with Crippen LogP contribution in [-0.4, -0.2) is 5.78 Å². The molecule has 0 unspecified atom stereocenters. The van der Waals surface area contributed by atoms with Crippen LogP contribution in [-0.2, 0) is 22.0 Å². The zero-order valence-corrected chi connectivity index (χ0v) is 15.2. The molecule has 2 nitrogen and oxygen atoms in total. The van der Waals surface area contributed by atoms with E-state index < -0.39 is 0 Å². The SMILES string of the molecule is CC(=O)C1=C(C)Oc2c(cc(C(C)(C)C)cc2C(C)(C)C)C1. The molecule has 120 valence electrons. The summed E-state index contributed by atoms with van der Waals surface area (Å²) >= 11 is 0. The minimum atomic E-state index is -0.000645. The van der Waals surface area contributed by atoms with Crippen LogP contribution in [0, 0.1) is 0 Å². The fourth-order valence-electron chi connectivity index (χ4n) is 2.83. The van der Waals surface area contributed by atoms with Crippen LogP contribution in [0.4, 0.5) is 0 Å². The number of benzene rings is 1. The summed E-state index contributed by atoms with van der Waals surface area (Å²) in [4.78, 5) is 11.8. The Balaban J connectivity index is 2.68. The Labute approximate surface area is 134 Å². The first-order valence-electron chi connectivity index (χ1n) is 7.97. The Morgan fingerprint density at radius 3 is 2.09 bits per heavy atom. The van der Waals surface area contributed by atoms with Crippen LogP contribution in [0.25, 0.3) is 0 Å². The van der Waals surface area contributed by atoms with Crippen LogP contribution in [0.15, 0.2) is 23.5 Å². The summed E-state index contributed by atoms with van der Waals surface area (Å²) in [5, 5.41) is 0. The lowest BCUT2D eigenvalue weighted by Crippen LogP contribution is -2.22. The van der Waals surface area contributed by atoms with Crippen molar-refractivity contribution in [2.24, 2.45) is 0 Å². The molecule has 1 heterocycles. The monoisotopic (exact) mass is 300 g/mol. The molecule has 2 rings (SSSR count). The molecule has 0 atom stereocenters. The number of Topliss-reactive ketones (excluding diaryl/α,β-unsaturated/α-hetero) is 1. The molecule has 0 bridgehead atoms. The van der Waals surface area contributed by atoms with Gasteiger partial charge in [-0.15, -0.1) is 0 Å². The number of allylic oxidation sites excluding steroid dienone is 2. The van der Waals surface area contributed by atoms with Gasteiger partial charge in [-0.2, -0.15) is 0 Å². The Bertz CT molecular complexity index is 650. The minimum Gasteiger partial charge on any atom is -0.461 e. The van der Waals surface area contributed by atoms with E-state index in [4.69, 9.17) is 4.74 Å². The van der Waals surface area contributed by atoms with Gasteiger partial charge in [-0.25, -0.2) is 0 Å². The molecule has 0 radical (unpaired) electrons. The molecular formula is C20H28O2. The molecular weight excluding hydrogens is 272 g/mol. The van der Waals surface area contributed by atoms with Gasteiger partial charge in [0.15, 0.2) is 5.78 Å². The van der Waals surface area contributed by atoms with E-state index in [0.29, 0.717) is 6.42 Å². The van der Waals surface area contributed by atoms with Gasteiger partial charge in [0.25, 0.3) is 0 Å². The number of ketones is 1. The zero-order valence-electron chi connectivity index (χ0n) is 15.2. The minimum absolute atomic E-state index is 0.000645. The van der Waals surface area contributed by atoms with Crippen molar-refractivity contribution in [3.05, 3.63) is 40.2 Å². The summed E-state index contributed by atoms with van der Waals surface area (Å²) in [5.41, 5.74) is 4.51. The predicted molar refractivity (Wildman–Crippen MR) is 91.6 cm³/mol. The molecule has 0 saturated heterocycles. The standard InChI is InChI=1S/C20H28O2/c1-12(21)16-10-14-9-15(19(3,4)5)11-17(20(6,7)8)18(14)22-13(16)2/h9,11H,10H2,1-8H3. The van der Waals surface area contributed by atoms with Crippen LogP contribution in [0.5, 0.6) is 5.75 Å². The van der Waals surface area contributed by atoms with Crippen molar-refractivity contribution in [3.63, 3.8) is 0 Å². The van der Waals surface area contributed by atoms with Crippen molar-refractivity contribution in [1.82, 2.24) is 0 Å². The van der Waals surface area contributed by atoms with Crippen molar-refractivity contribution in [2.45, 2.75) is 72.6 Å². The maximum Gasteiger partial charge on any atom is 0.159 e. The number of rotatable bonds is 1. The highest BCUT2D eigenvalue weighted by molar-refractivity contribution is 5.94. The van der Waals surface area contributed by atoms with Gasteiger partial charge in [0.05, 0.1) is 0 Å². The van der Waals surface area contributed by atoms with E-state index in [9.17, 15) is 4.79 Å². The molecule has 22 heavy (non-hydrogen) atoms. The van der Waals surface area contributed by atoms with E-state index in [0.717, 1.165) is 22.6 Å². The van der Waals surface area contributed by atoms with Crippen LogP contribution in [0.3, 0.4) is 0 Å². The van der Waals surface area contributed by atoms with E-state index in [1.807, 2.05) is 6.92 Å². The molecule has 1 aromatic rings. The molecule has 0 aliphatic carbocycles. The number of hydrogen-bond acceptors (Lipinski definition) is 2. The normalized spacial score (nSPS) is 15.5. The Hall–Kier alpha value is -1.57. The highest BCUT2D eigenvalue weighted by Crippen LogP contribution is 2.42. The molecule has 0 spiro atoms. The Morgan fingerprint density at radius 1 is 1.05 bits per heavy atom. The van der Waals surface area contributed by atoms with Crippen molar-refractivity contribution < 1.29 is 9.53 Å². The fraction of sp³-hybridized carbons (Fsp3) is 0.550. The maximum absolute atomic E-state index is 11.8. The van der Waals surface area contributed by atoms with Crippen molar-refractivity contribution in [3.8, 4) is 5.75 Å². The van der Waals surface area contributed by atoms with Gasteiger partial charge in [-0.1, -0.05) is 53.7 Å². The largest absolute Gasteiger partial charge is 0.461 e. The number of carbonyl (C=O) groups excluding carboxylic acids is 1. The van der Waals surface area contributed by atoms with Crippen molar-refractivity contribution in [2.75, 3.05) is 0 Å². The van der Waals surface area contributed by atoms with E-state index in [1.54, 1.807) is 6.92 Å². The molecule has 1 aliphatic rings. The van der Waals surface area contributed by atoms with Gasteiger partial charge in [0.2, 0.25) is 0 Å². The third kappa shape index (κ3) is 3.11. The van der Waals surface area contributed by atoms with Crippen LogP contribution >= 0.6 is 0 Å². The second-order valence-electron chi connectivity index (χ2n) is 8.38. The van der Waals surface area contributed by atoms with E-state index in [-0.39, 0.29) is 16.6 Å². The van der Waals surface area contributed by atoms with Gasteiger partial charge >= 0.3 is 0 Å². The van der Waals surface area contributed by atoms with Gasteiger partial charge in [-0.05, 0) is 35.8 Å². The number of hydrogen-bond donors (Lipinski definition) is 0. The third-order valence-electron chi connectivity index (χ3n) is 4.31. The lowest BCUT2D eigenvalue weighted by Gasteiger charge is -2.31. The molecule has 1 aliphatic heterocycles. The molecule has 0 aromatic heterocycles. The summed E-state index contributed by atoms with van der Waals surface area (Å²) in [7, 11) is 0. The Morgan fingerprint density at radius 2 is 1.64 bits per heavy atom. The number of carbonyl (C=O) groups is 1. The van der Waals surface area contributed by atoms with Crippen molar-refractivity contribution in [1.29, 1.82) is 0 Å². The maximum atomic E-state index is 11.8. The van der Waals surface area contributed by atoms with Crippen LogP contribution < -0.4 is 4.74 Å². The summed E-state index contributed by atoms with van der Waals surface area (Å²) < 4.78 is 6.09. The average Bonchev–Trinajstić information content (AvgIpc) is 2.33. The zero-order chi connectivity index (χ0) is 16.9. The molecule has 0 saturated carbocycles. The highest BCUT2D eigenvalue weighted by atomic mass is 16.5. The second kappa shape index (κ2) is 5.26. The summed E-state index contributed by atoms with van der Waals surface area (Å²) in [6.07, 6.45) is 0.670. The molecule has 1 aromatic carbocycles. The van der Waals surface area contributed by atoms with Crippen LogP contribution in [0.1, 0.15) is 72.1 Å². The van der Waals surface area contributed by atoms with E-state index >= 15 is 0 Å². The smallest absolute Gasteiger partial charge is 0.159 e. The summed E-state index contributed by atoms with van der Waals surface area (Å²) in [6, 6.07) is 4.48. The molecule has 0 amide bonds. The van der Waals surface area contributed by atoms with Gasteiger partial charge in [0.1, 0.15) is 11.5 Å². The van der Waals surface area contributed by atoms with E-state index in [1.165, 1.54) is 11.1 Å². The predicted octanol–water partition coefficient (Wildman–Crippen LogP) is 5.08. The highest BCUT2D eigenvalue weighted by Gasteiger charge is 2.29. The first kappa shape index (κ1) is 16.8. The third-order valence-corrected chi connectivity index (χ3v) is 4.31. The fourth-order valence-corrected chi connectivity index (χ4v) is 2.83.